The molecule has 2 nitrogen and oxygen atoms in total. The molecule has 0 amide bonds. The van der Waals surface area contributed by atoms with Gasteiger partial charge in [-0.1, -0.05) is 20.8 Å². The molecule has 0 aromatic carbocycles. The molecule has 19 heavy (non-hydrogen) atoms. The van der Waals surface area contributed by atoms with Gasteiger partial charge in [0.15, 0.2) is 5.78 Å². The van der Waals surface area contributed by atoms with E-state index in [4.69, 9.17) is 0 Å². The molecule has 1 saturated carbocycles. The second-order valence-corrected chi connectivity index (χ2v) is 7.53. The number of rotatable bonds is 3. The normalized spacial score (nSPS) is 23.3. The van der Waals surface area contributed by atoms with Crippen molar-refractivity contribution in [3.05, 3.63) is 23.0 Å². The summed E-state index contributed by atoms with van der Waals surface area (Å²) < 4.78 is 2.45. The van der Waals surface area contributed by atoms with Crippen LogP contribution in [0.4, 0.5) is 0 Å². The van der Waals surface area contributed by atoms with Crippen molar-refractivity contribution in [2.75, 3.05) is 0 Å². The zero-order valence-corrected chi connectivity index (χ0v) is 12.7. The lowest BCUT2D eigenvalue weighted by Crippen LogP contribution is -2.29. The fourth-order valence-electron chi connectivity index (χ4n) is 3.56. The number of hydrogen-bond acceptors (Lipinski definition) is 1. The van der Waals surface area contributed by atoms with Crippen LogP contribution in [-0.2, 0) is 13.0 Å². The van der Waals surface area contributed by atoms with Crippen LogP contribution in [0.25, 0.3) is 0 Å². The van der Waals surface area contributed by atoms with E-state index in [1.54, 1.807) is 0 Å². The van der Waals surface area contributed by atoms with Crippen LogP contribution in [0.3, 0.4) is 0 Å². The number of ketones is 1. The number of carbonyl (C=O) groups excluding carboxylic acids is 1. The van der Waals surface area contributed by atoms with Gasteiger partial charge < -0.3 is 4.57 Å². The molecule has 2 aliphatic rings. The Kier molecular flexibility index (Phi) is 2.71. The molecule has 0 bridgehead atoms. The molecule has 1 heterocycles. The van der Waals surface area contributed by atoms with E-state index in [1.807, 2.05) is 0 Å². The van der Waals surface area contributed by atoms with Crippen molar-refractivity contribution in [3.63, 3.8) is 0 Å². The van der Waals surface area contributed by atoms with Crippen molar-refractivity contribution in [3.8, 4) is 0 Å². The molecule has 0 unspecified atom stereocenters. The van der Waals surface area contributed by atoms with Crippen LogP contribution >= 0.6 is 0 Å². The van der Waals surface area contributed by atoms with Crippen molar-refractivity contribution in [2.45, 2.75) is 66.3 Å². The molecule has 0 saturated heterocycles. The summed E-state index contributed by atoms with van der Waals surface area (Å²) in [6.45, 7) is 10.0. The second kappa shape index (κ2) is 3.97. The SMILES string of the molecule is CCC1(Cn2c(C)cc3c2CC(C)(C)CC3=O)CC1. The summed E-state index contributed by atoms with van der Waals surface area (Å²) in [5.74, 6) is 0.342. The van der Waals surface area contributed by atoms with Gasteiger partial charge in [0.25, 0.3) is 0 Å². The fourth-order valence-corrected chi connectivity index (χ4v) is 3.56. The van der Waals surface area contributed by atoms with E-state index in [0.29, 0.717) is 17.6 Å². The zero-order chi connectivity index (χ0) is 13.8. The van der Waals surface area contributed by atoms with Gasteiger partial charge in [-0.05, 0) is 49.5 Å². The minimum Gasteiger partial charge on any atom is -0.348 e. The largest absolute Gasteiger partial charge is 0.348 e. The Bertz CT molecular complexity index is 532. The molecule has 3 rings (SSSR count). The van der Waals surface area contributed by atoms with Gasteiger partial charge in [0.2, 0.25) is 0 Å². The van der Waals surface area contributed by atoms with E-state index in [2.05, 4.69) is 38.3 Å². The molecule has 1 fully saturated rings. The fraction of sp³-hybridized carbons (Fsp3) is 0.706. The summed E-state index contributed by atoms with van der Waals surface area (Å²) in [6.07, 6.45) is 5.71. The molecule has 0 aliphatic heterocycles. The third-order valence-electron chi connectivity index (χ3n) is 5.20. The molecule has 1 aromatic heterocycles. The predicted molar refractivity (Wildman–Crippen MR) is 77.6 cm³/mol. The Labute approximate surface area is 116 Å². The maximum absolute atomic E-state index is 12.3. The minimum absolute atomic E-state index is 0.121. The summed E-state index contributed by atoms with van der Waals surface area (Å²) in [7, 11) is 0. The first-order valence-corrected chi connectivity index (χ1v) is 7.58. The number of hydrogen-bond donors (Lipinski definition) is 0. The second-order valence-electron chi connectivity index (χ2n) is 7.53. The standard InChI is InChI=1S/C17H25NO/c1-5-17(6-7-17)11-18-12(2)8-13-14(18)9-16(3,4)10-15(13)19/h8H,5-7,9-11H2,1-4H3. The highest BCUT2D eigenvalue weighted by molar-refractivity contribution is 5.99. The van der Waals surface area contributed by atoms with Crippen LogP contribution in [0.2, 0.25) is 0 Å². The predicted octanol–water partition coefficient (Wildman–Crippen LogP) is 4.14. The lowest BCUT2D eigenvalue weighted by Gasteiger charge is -2.30. The molecule has 2 heteroatoms. The summed E-state index contributed by atoms with van der Waals surface area (Å²) in [6, 6.07) is 2.12. The first-order valence-electron chi connectivity index (χ1n) is 7.58. The quantitative estimate of drug-likeness (QED) is 0.799. The molecule has 0 radical (unpaired) electrons. The van der Waals surface area contributed by atoms with Crippen molar-refractivity contribution in [1.29, 1.82) is 0 Å². The van der Waals surface area contributed by atoms with Gasteiger partial charge in [0, 0.05) is 29.9 Å². The van der Waals surface area contributed by atoms with Crippen molar-refractivity contribution >= 4 is 5.78 Å². The van der Waals surface area contributed by atoms with Gasteiger partial charge in [-0.15, -0.1) is 0 Å². The molecule has 1 aromatic rings. The number of aromatic nitrogens is 1. The maximum Gasteiger partial charge on any atom is 0.165 e. The molecule has 0 N–H and O–H groups in total. The minimum atomic E-state index is 0.121. The van der Waals surface area contributed by atoms with Crippen LogP contribution in [-0.4, -0.2) is 10.4 Å². The number of nitrogens with zero attached hydrogens (tertiary/aromatic N) is 1. The van der Waals surface area contributed by atoms with Crippen LogP contribution in [0.15, 0.2) is 6.07 Å². The van der Waals surface area contributed by atoms with Crippen LogP contribution in [0, 0.1) is 17.8 Å². The van der Waals surface area contributed by atoms with Gasteiger partial charge in [0.05, 0.1) is 0 Å². The Morgan fingerprint density at radius 1 is 1.26 bits per heavy atom. The maximum atomic E-state index is 12.3. The highest BCUT2D eigenvalue weighted by Gasteiger charge is 2.42. The first kappa shape index (κ1) is 13.0. The molecular formula is C17H25NO. The molecule has 104 valence electrons. The average molecular weight is 259 g/mol. The summed E-state index contributed by atoms with van der Waals surface area (Å²) in [5, 5.41) is 0. The van der Waals surface area contributed by atoms with Crippen LogP contribution < -0.4 is 0 Å². The number of aryl methyl sites for hydroxylation is 1. The molecular weight excluding hydrogens is 234 g/mol. The summed E-state index contributed by atoms with van der Waals surface area (Å²) >= 11 is 0. The summed E-state index contributed by atoms with van der Waals surface area (Å²) in [5.41, 5.74) is 4.23. The number of fused-ring (bicyclic) bond motifs is 1. The third-order valence-corrected chi connectivity index (χ3v) is 5.20. The lowest BCUT2D eigenvalue weighted by molar-refractivity contribution is 0.0909. The van der Waals surface area contributed by atoms with E-state index in [9.17, 15) is 4.79 Å². The molecule has 2 aliphatic carbocycles. The van der Waals surface area contributed by atoms with E-state index in [-0.39, 0.29) is 5.41 Å². The van der Waals surface area contributed by atoms with Crippen LogP contribution in [0.5, 0.6) is 0 Å². The van der Waals surface area contributed by atoms with E-state index in [0.717, 1.165) is 18.5 Å². The molecule has 0 atom stereocenters. The number of Topliss-reactive ketones (excluding diaryl/α,β-unsaturated/α-hetero) is 1. The summed E-state index contributed by atoms with van der Waals surface area (Å²) in [4.78, 5) is 12.3. The zero-order valence-electron chi connectivity index (χ0n) is 12.7. The van der Waals surface area contributed by atoms with Crippen molar-refractivity contribution in [1.82, 2.24) is 4.57 Å². The lowest BCUT2D eigenvalue weighted by atomic mass is 9.76. The number of carbonyl (C=O) groups is 1. The van der Waals surface area contributed by atoms with E-state index >= 15 is 0 Å². The molecule has 0 spiro atoms. The van der Waals surface area contributed by atoms with E-state index in [1.165, 1.54) is 30.7 Å². The van der Waals surface area contributed by atoms with Crippen LogP contribution in [0.1, 0.15) is 68.2 Å². The highest BCUT2D eigenvalue weighted by Crippen LogP contribution is 2.51. The smallest absolute Gasteiger partial charge is 0.165 e. The third kappa shape index (κ3) is 2.15. The van der Waals surface area contributed by atoms with Gasteiger partial charge in [0.1, 0.15) is 0 Å². The van der Waals surface area contributed by atoms with E-state index < -0.39 is 0 Å². The topological polar surface area (TPSA) is 22.0 Å². The van der Waals surface area contributed by atoms with Gasteiger partial charge in [-0.2, -0.15) is 0 Å². The van der Waals surface area contributed by atoms with Gasteiger partial charge in [-0.3, -0.25) is 4.79 Å². The Balaban J connectivity index is 2.00. The average Bonchev–Trinajstić information content (AvgIpc) is 3.02. The Morgan fingerprint density at radius 2 is 1.95 bits per heavy atom. The Hall–Kier alpha value is -1.05. The van der Waals surface area contributed by atoms with Crippen molar-refractivity contribution in [2.24, 2.45) is 10.8 Å². The Morgan fingerprint density at radius 3 is 2.53 bits per heavy atom. The van der Waals surface area contributed by atoms with Gasteiger partial charge in [-0.25, -0.2) is 0 Å². The monoisotopic (exact) mass is 259 g/mol. The van der Waals surface area contributed by atoms with Crippen molar-refractivity contribution < 1.29 is 4.79 Å². The first-order chi connectivity index (χ1) is 8.86. The van der Waals surface area contributed by atoms with Gasteiger partial charge >= 0.3 is 0 Å². The highest BCUT2D eigenvalue weighted by atomic mass is 16.1.